The van der Waals surface area contributed by atoms with Crippen molar-refractivity contribution < 1.29 is 13.2 Å². The van der Waals surface area contributed by atoms with Gasteiger partial charge in [0.2, 0.25) is 5.91 Å². The smallest absolute Gasteiger partial charge is 0.228 e. The van der Waals surface area contributed by atoms with Crippen LogP contribution in [0.25, 0.3) is 5.69 Å². The molecule has 0 radical (unpaired) electrons. The van der Waals surface area contributed by atoms with Crippen LogP contribution in [0.15, 0.2) is 41.6 Å². The molecule has 0 spiro atoms. The third-order valence-corrected chi connectivity index (χ3v) is 4.31. The summed E-state index contributed by atoms with van der Waals surface area (Å²) in [5, 5.41) is 6.79. The van der Waals surface area contributed by atoms with Crippen LogP contribution in [0.2, 0.25) is 0 Å². The average Bonchev–Trinajstić information content (AvgIpc) is 2.93. The number of benzene rings is 1. The Labute approximate surface area is 129 Å². The molecule has 0 aliphatic rings. The minimum Gasteiger partial charge on any atom is -0.330 e. The fourth-order valence-electron chi connectivity index (χ4n) is 1.85. The molecular weight excluding hydrogens is 304 g/mol. The van der Waals surface area contributed by atoms with Crippen molar-refractivity contribution in [2.45, 2.75) is 11.8 Å². The molecule has 1 amide bonds. The topological polar surface area (TPSA) is 107 Å². The Bertz CT molecular complexity index is 783. The third kappa shape index (κ3) is 3.52. The molecule has 1 aromatic carbocycles. The van der Waals surface area contributed by atoms with Gasteiger partial charge in [0.25, 0.3) is 0 Å². The van der Waals surface area contributed by atoms with E-state index in [1.807, 2.05) is 0 Å². The highest BCUT2D eigenvalue weighted by atomic mass is 32.2. The molecule has 0 saturated carbocycles. The van der Waals surface area contributed by atoms with Crippen LogP contribution in [0.1, 0.15) is 6.92 Å². The average molecular weight is 322 g/mol. The summed E-state index contributed by atoms with van der Waals surface area (Å²) in [5.74, 6) is -0.523. The molecule has 1 heterocycles. The Morgan fingerprint density at radius 1 is 1.41 bits per heavy atom. The number of carbonyl (C=O) groups excluding carboxylic acids is 1. The summed E-state index contributed by atoms with van der Waals surface area (Å²) in [7, 11) is -3.38. The van der Waals surface area contributed by atoms with Crippen LogP contribution < -0.4 is 11.1 Å². The summed E-state index contributed by atoms with van der Waals surface area (Å²) in [6, 6.07) is 6.54. The maximum absolute atomic E-state index is 11.8. The summed E-state index contributed by atoms with van der Waals surface area (Å²) in [6.07, 6.45) is 4.16. The lowest BCUT2D eigenvalue weighted by Gasteiger charge is -2.08. The highest BCUT2D eigenvalue weighted by molar-refractivity contribution is 7.90. The number of sulfone groups is 1. The van der Waals surface area contributed by atoms with E-state index in [0.717, 1.165) is 6.26 Å². The molecule has 0 aliphatic heterocycles. The van der Waals surface area contributed by atoms with E-state index in [-0.39, 0.29) is 23.3 Å². The van der Waals surface area contributed by atoms with Gasteiger partial charge in [-0.3, -0.25) is 4.79 Å². The predicted molar refractivity (Wildman–Crippen MR) is 83.5 cm³/mol. The molecular formula is C14H18N4O3S. The van der Waals surface area contributed by atoms with E-state index in [0.29, 0.717) is 11.4 Å². The van der Waals surface area contributed by atoms with Crippen LogP contribution in [0.5, 0.6) is 0 Å². The van der Waals surface area contributed by atoms with E-state index < -0.39 is 9.84 Å². The minimum atomic E-state index is -3.38. The number of nitrogens with zero attached hydrogens (tertiary/aromatic N) is 2. The first kappa shape index (κ1) is 16.2. The minimum absolute atomic E-state index is 0.173. The zero-order valence-corrected chi connectivity index (χ0v) is 13.2. The predicted octanol–water partition coefficient (Wildman–Crippen LogP) is 0.809. The van der Waals surface area contributed by atoms with Crippen LogP contribution in [-0.4, -0.2) is 36.9 Å². The van der Waals surface area contributed by atoms with E-state index in [1.54, 1.807) is 31.3 Å². The van der Waals surface area contributed by atoms with E-state index in [9.17, 15) is 13.2 Å². The molecule has 2 aromatic rings. The van der Waals surface area contributed by atoms with Gasteiger partial charge in [-0.05, 0) is 12.1 Å². The molecule has 1 unspecified atom stereocenters. The molecule has 2 rings (SSSR count). The van der Waals surface area contributed by atoms with Gasteiger partial charge in [0.15, 0.2) is 9.84 Å². The normalized spacial score (nSPS) is 12.9. The number of carbonyl (C=O) groups is 1. The van der Waals surface area contributed by atoms with Gasteiger partial charge in [0.1, 0.15) is 0 Å². The molecule has 8 heteroatoms. The van der Waals surface area contributed by atoms with E-state index in [4.69, 9.17) is 5.73 Å². The number of hydrogen-bond donors (Lipinski definition) is 2. The van der Waals surface area contributed by atoms with Gasteiger partial charge in [-0.25, -0.2) is 13.1 Å². The molecule has 3 N–H and O–H groups in total. The molecule has 1 aromatic heterocycles. The number of nitrogens with two attached hydrogens (primary N) is 1. The molecule has 0 aliphatic carbocycles. The van der Waals surface area contributed by atoms with Crippen LogP contribution in [-0.2, 0) is 14.6 Å². The first-order valence-corrected chi connectivity index (χ1v) is 8.57. The summed E-state index contributed by atoms with van der Waals surface area (Å²) >= 11 is 0. The van der Waals surface area contributed by atoms with Gasteiger partial charge >= 0.3 is 0 Å². The maximum Gasteiger partial charge on any atom is 0.228 e. The summed E-state index contributed by atoms with van der Waals surface area (Å²) in [6.45, 7) is 1.97. The van der Waals surface area contributed by atoms with Crippen molar-refractivity contribution in [2.75, 3.05) is 18.1 Å². The highest BCUT2D eigenvalue weighted by Crippen LogP contribution is 2.20. The van der Waals surface area contributed by atoms with E-state index in [1.165, 1.54) is 16.9 Å². The second-order valence-corrected chi connectivity index (χ2v) is 7.02. The van der Waals surface area contributed by atoms with Gasteiger partial charge in [0.05, 0.1) is 28.7 Å². The van der Waals surface area contributed by atoms with Crippen molar-refractivity contribution in [3.8, 4) is 5.69 Å². The van der Waals surface area contributed by atoms with Crippen LogP contribution >= 0.6 is 0 Å². The van der Waals surface area contributed by atoms with Crippen molar-refractivity contribution in [3.63, 3.8) is 0 Å². The van der Waals surface area contributed by atoms with E-state index >= 15 is 0 Å². The van der Waals surface area contributed by atoms with Crippen molar-refractivity contribution in [3.05, 3.63) is 36.7 Å². The first-order chi connectivity index (χ1) is 10.3. The van der Waals surface area contributed by atoms with Gasteiger partial charge in [-0.15, -0.1) is 0 Å². The zero-order valence-electron chi connectivity index (χ0n) is 12.4. The SMILES string of the molecule is CC(CN)C(=O)Nc1cnn(-c2ccccc2S(C)(=O)=O)c1. The van der Waals surface area contributed by atoms with Crippen molar-refractivity contribution in [1.82, 2.24) is 9.78 Å². The lowest BCUT2D eigenvalue weighted by atomic mass is 10.2. The zero-order chi connectivity index (χ0) is 16.3. The lowest BCUT2D eigenvalue weighted by molar-refractivity contribution is -0.119. The molecule has 0 saturated heterocycles. The standard InChI is InChI=1S/C14H18N4O3S/c1-10(7-15)14(19)17-11-8-16-18(9-11)12-5-3-4-6-13(12)22(2,20)21/h3-6,8-10H,7,15H2,1-2H3,(H,17,19). The molecule has 1 atom stereocenters. The molecule has 7 nitrogen and oxygen atoms in total. The Morgan fingerprint density at radius 3 is 2.73 bits per heavy atom. The Morgan fingerprint density at radius 2 is 2.09 bits per heavy atom. The second-order valence-electron chi connectivity index (χ2n) is 5.04. The summed E-state index contributed by atoms with van der Waals surface area (Å²) in [4.78, 5) is 12.0. The van der Waals surface area contributed by atoms with Crippen molar-refractivity contribution in [1.29, 1.82) is 0 Å². The molecule has 22 heavy (non-hydrogen) atoms. The van der Waals surface area contributed by atoms with Gasteiger partial charge in [-0.2, -0.15) is 5.10 Å². The van der Waals surface area contributed by atoms with Crippen LogP contribution in [0.3, 0.4) is 0 Å². The molecule has 0 bridgehead atoms. The number of amides is 1. The lowest BCUT2D eigenvalue weighted by Crippen LogP contribution is -2.26. The van der Waals surface area contributed by atoms with E-state index in [2.05, 4.69) is 10.4 Å². The third-order valence-electron chi connectivity index (χ3n) is 3.16. The number of hydrogen-bond acceptors (Lipinski definition) is 5. The Balaban J connectivity index is 2.32. The van der Waals surface area contributed by atoms with Crippen LogP contribution in [0, 0.1) is 5.92 Å². The summed E-state index contributed by atoms with van der Waals surface area (Å²) < 4.78 is 25.0. The first-order valence-electron chi connectivity index (χ1n) is 6.68. The molecule has 118 valence electrons. The Kier molecular flexibility index (Phi) is 4.62. The number of para-hydroxylation sites is 1. The number of anilines is 1. The fourth-order valence-corrected chi connectivity index (χ4v) is 2.72. The second kappa shape index (κ2) is 6.29. The largest absolute Gasteiger partial charge is 0.330 e. The van der Waals surface area contributed by atoms with Gasteiger partial charge in [0, 0.05) is 18.7 Å². The summed E-state index contributed by atoms with van der Waals surface area (Å²) in [5.41, 5.74) is 6.35. The van der Waals surface area contributed by atoms with Gasteiger partial charge < -0.3 is 11.1 Å². The Hall–Kier alpha value is -2.19. The number of aromatic nitrogens is 2. The highest BCUT2D eigenvalue weighted by Gasteiger charge is 2.16. The van der Waals surface area contributed by atoms with Crippen LogP contribution in [0.4, 0.5) is 5.69 Å². The maximum atomic E-state index is 11.8. The number of nitrogens with one attached hydrogen (secondary N) is 1. The fraction of sp³-hybridized carbons (Fsp3) is 0.286. The monoisotopic (exact) mass is 322 g/mol. The van der Waals surface area contributed by atoms with Crippen molar-refractivity contribution in [2.24, 2.45) is 11.7 Å². The molecule has 0 fully saturated rings. The number of rotatable bonds is 5. The quantitative estimate of drug-likeness (QED) is 0.847. The van der Waals surface area contributed by atoms with Gasteiger partial charge in [-0.1, -0.05) is 19.1 Å². The van der Waals surface area contributed by atoms with Crippen molar-refractivity contribution >= 4 is 21.4 Å².